The Morgan fingerprint density at radius 2 is 1.88 bits per heavy atom. The molecule has 2 rings (SSSR count). The molecule has 0 aliphatic rings. The summed E-state index contributed by atoms with van der Waals surface area (Å²) >= 11 is 6.82. The lowest BCUT2D eigenvalue weighted by molar-refractivity contribution is 0.0696. The minimum absolute atomic E-state index is 0.229. The summed E-state index contributed by atoms with van der Waals surface area (Å²) in [5, 5.41) is 9.89. The van der Waals surface area contributed by atoms with Crippen molar-refractivity contribution >= 4 is 84.6 Å². The summed E-state index contributed by atoms with van der Waals surface area (Å²) in [5.74, 6) is -0.943. The van der Waals surface area contributed by atoms with Gasteiger partial charge in [-0.2, -0.15) is 0 Å². The Labute approximate surface area is 139 Å². The molecule has 0 atom stereocenters. The van der Waals surface area contributed by atoms with E-state index in [2.05, 4.69) is 72.8 Å². The summed E-state index contributed by atoms with van der Waals surface area (Å²) in [7, 11) is 0. The van der Waals surface area contributed by atoms with Crippen molar-refractivity contribution in [2.75, 3.05) is 0 Å². The van der Waals surface area contributed by atoms with E-state index in [0.717, 1.165) is 23.6 Å². The zero-order valence-electron chi connectivity index (χ0n) is 8.59. The number of pyridine rings is 1. The number of fused-ring (bicyclic) bond motifs is 1. The molecule has 0 spiro atoms. The number of rotatable bonds is 1. The van der Waals surface area contributed by atoms with E-state index < -0.39 is 5.97 Å². The zero-order chi connectivity index (χ0) is 12.7. The number of carboxylic acids is 1. The highest BCUT2D eigenvalue weighted by atomic mass is 127. The van der Waals surface area contributed by atoms with Crippen LogP contribution in [-0.2, 0) is 0 Å². The monoisotopic (exact) mass is 565 g/mol. The van der Waals surface area contributed by atoms with Crippen LogP contribution in [0.25, 0.3) is 10.9 Å². The average Bonchev–Trinajstić information content (AvgIpc) is 2.32. The summed E-state index contributed by atoms with van der Waals surface area (Å²) < 4.78 is 3.39. The van der Waals surface area contributed by atoms with E-state index in [1.165, 1.54) is 9.77 Å². The van der Waals surface area contributed by atoms with Gasteiger partial charge in [0.2, 0.25) is 0 Å². The molecule has 0 aliphatic carbocycles. The predicted molar refractivity (Wildman–Crippen MR) is 91.6 cm³/mol. The normalized spacial score (nSPS) is 10.8. The number of aromatic carboxylic acids is 1. The maximum atomic E-state index is 10.9. The third-order valence-electron chi connectivity index (χ3n) is 2.44. The summed E-state index contributed by atoms with van der Waals surface area (Å²) in [6.07, 6.45) is 1.41. The molecule has 1 heterocycles. The Bertz CT molecular complexity index is 640. The maximum absolute atomic E-state index is 10.9. The molecule has 0 aliphatic heterocycles. The molecule has 3 nitrogen and oxygen atoms in total. The molecule has 2 aromatic rings. The van der Waals surface area contributed by atoms with Gasteiger partial charge < -0.3 is 5.11 Å². The molecular formula is C11H6I3NO2. The third-order valence-corrected chi connectivity index (χ3v) is 8.05. The number of carbonyl (C=O) groups is 1. The largest absolute Gasteiger partial charge is 0.478 e. The highest BCUT2D eigenvalue weighted by Gasteiger charge is 2.15. The van der Waals surface area contributed by atoms with Crippen molar-refractivity contribution in [3.8, 4) is 0 Å². The lowest BCUT2D eigenvalue weighted by Gasteiger charge is -2.10. The van der Waals surface area contributed by atoms with Gasteiger partial charge in [-0.1, -0.05) is 0 Å². The second-order valence-electron chi connectivity index (χ2n) is 3.49. The van der Waals surface area contributed by atoms with E-state index in [4.69, 9.17) is 5.11 Å². The molecule has 1 N–H and O–H groups in total. The van der Waals surface area contributed by atoms with Gasteiger partial charge in [-0.15, -0.1) is 0 Å². The quantitative estimate of drug-likeness (QED) is 0.420. The summed E-state index contributed by atoms with van der Waals surface area (Å²) in [4.78, 5) is 15.2. The van der Waals surface area contributed by atoms with Gasteiger partial charge in [0.15, 0.2) is 0 Å². The molecule has 0 bridgehead atoms. The average molecular weight is 565 g/mol. The van der Waals surface area contributed by atoms with E-state index in [1.54, 1.807) is 6.07 Å². The van der Waals surface area contributed by atoms with Crippen molar-refractivity contribution in [1.82, 2.24) is 4.98 Å². The Morgan fingerprint density at radius 3 is 2.47 bits per heavy atom. The molecule has 17 heavy (non-hydrogen) atoms. The zero-order valence-corrected chi connectivity index (χ0v) is 15.1. The van der Waals surface area contributed by atoms with E-state index in [9.17, 15) is 4.79 Å². The number of benzene rings is 1. The first-order chi connectivity index (χ1) is 7.93. The minimum atomic E-state index is -0.943. The molecule has 0 radical (unpaired) electrons. The van der Waals surface area contributed by atoms with Gasteiger partial charge in [0, 0.05) is 22.3 Å². The number of carboxylic acid groups (broad SMARTS) is 1. The van der Waals surface area contributed by atoms with Gasteiger partial charge >= 0.3 is 5.97 Å². The number of aryl methyl sites for hydroxylation is 1. The first kappa shape index (κ1) is 13.7. The first-order valence-electron chi connectivity index (χ1n) is 4.59. The lowest BCUT2D eigenvalue weighted by Crippen LogP contribution is -2.01. The van der Waals surface area contributed by atoms with Gasteiger partial charge in [0.25, 0.3) is 0 Å². The van der Waals surface area contributed by atoms with E-state index in [1.807, 2.05) is 6.92 Å². The Balaban J connectivity index is 2.91. The van der Waals surface area contributed by atoms with Crippen molar-refractivity contribution in [3.05, 3.63) is 34.1 Å². The number of nitrogens with zero attached hydrogens (tertiary/aromatic N) is 1. The van der Waals surface area contributed by atoms with E-state index >= 15 is 0 Å². The van der Waals surface area contributed by atoms with Crippen LogP contribution in [0.5, 0.6) is 0 Å². The van der Waals surface area contributed by atoms with Crippen LogP contribution < -0.4 is 0 Å². The van der Waals surface area contributed by atoms with Gasteiger partial charge in [0.05, 0.1) is 11.1 Å². The number of hydrogen-bond acceptors (Lipinski definition) is 2. The van der Waals surface area contributed by atoms with Gasteiger partial charge in [-0.3, -0.25) is 4.98 Å². The smallest absolute Gasteiger partial charge is 0.337 e. The second-order valence-corrected chi connectivity index (χ2v) is 6.73. The van der Waals surface area contributed by atoms with Crippen molar-refractivity contribution < 1.29 is 9.90 Å². The molecule has 1 aromatic heterocycles. The molecule has 0 fully saturated rings. The van der Waals surface area contributed by atoms with Crippen LogP contribution in [0.2, 0.25) is 0 Å². The maximum Gasteiger partial charge on any atom is 0.337 e. The van der Waals surface area contributed by atoms with Crippen molar-refractivity contribution in [1.29, 1.82) is 0 Å². The predicted octanol–water partition coefficient (Wildman–Crippen LogP) is 4.06. The summed E-state index contributed by atoms with van der Waals surface area (Å²) in [5.41, 5.74) is 2.21. The minimum Gasteiger partial charge on any atom is -0.478 e. The van der Waals surface area contributed by atoms with Gasteiger partial charge in [-0.05, 0) is 86.3 Å². The first-order valence-corrected chi connectivity index (χ1v) is 7.83. The Morgan fingerprint density at radius 1 is 1.24 bits per heavy atom. The topological polar surface area (TPSA) is 50.2 Å². The molecule has 1 aromatic carbocycles. The van der Waals surface area contributed by atoms with Crippen LogP contribution in [0.15, 0.2) is 12.3 Å². The van der Waals surface area contributed by atoms with Crippen LogP contribution in [0.1, 0.15) is 15.9 Å². The second kappa shape index (κ2) is 5.11. The van der Waals surface area contributed by atoms with Crippen LogP contribution in [-0.4, -0.2) is 16.1 Å². The number of aromatic nitrogens is 1. The SMILES string of the molecule is Cc1c(I)c(I)c(I)c2cc(C(=O)O)cnc12. The van der Waals surface area contributed by atoms with Crippen molar-refractivity contribution in [2.45, 2.75) is 6.92 Å². The molecule has 0 saturated carbocycles. The number of hydrogen-bond donors (Lipinski definition) is 1. The molecule has 0 unspecified atom stereocenters. The van der Waals surface area contributed by atoms with Crippen LogP contribution >= 0.6 is 67.8 Å². The molecule has 0 saturated heterocycles. The molecular weight excluding hydrogens is 559 g/mol. The fourth-order valence-corrected chi connectivity index (χ4v) is 3.95. The van der Waals surface area contributed by atoms with E-state index in [-0.39, 0.29) is 5.56 Å². The Hall–Kier alpha value is 0.290. The number of halogens is 3. The van der Waals surface area contributed by atoms with Crippen LogP contribution in [0.4, 0.5) is 0 Å². The Kier molecular flexibility index (Phi) is 4.13. The highest BCUT2D eigenvalue weighted by molar-refractivity contribution is 14.1. The third kappa shape index (κ3) is 2.39. The highest BCUT2D eigenvalue weighted by Crippen LogP contribution is 2.32. The standard InChI is InChI=1S/C11H6I3NO2/c1-4-7(12)9(14)8(13)6-2-5(11(16)17)3-15-10(4)6/h2-3H,1H3,(H,16,17). The lowest BCUT2D eigenvalue weighted by atomic mass is 10.1. The van der Waals surface area contributed by atoms with E-state index in [0.29, 0.717) is 0 Å². The summed E-state index contributed by atoms with van der Waals surface area (Å²) in [6.45, 7) is 2.01. The molecule has 88 valence electrons. The molecule has 0 amide bonds. The molecule has 6 heteroatoms. The summed E-state index contributed by atoms with van der Waals surface area (Å²) in [6, 6.07) is 1.69. The fourth-order valence-electron chi connectivity index (χ4n) is 1.53. The fraction of sp³-hybridized carbons (Fsp3) is 0.0909. The van der Waals surface area contributed by atoms with Crippen molar-refractivity contribution in [3.63, 3.8) is 0 Å². The van der Waals surface area contributed by atoms with Gasteiger partial charge in [-0.25, -0.2) is 4.79 Å². The van der Waals surface area contributed by atoms with Gasteiger partial charge in [0.1, 0.15) is 0 Å². The van der Waals surface area contributed by atoms with Crippen molar-refractivity contribution in [2.24, 2.45) is 0 Å². The van der Waals surface area contributed by atoms with Crippen LogP contribution in [0.3, 0.4) is 0 Å². The van der Waals surface area contributed by atoms with Crippen LogP contribution in [0, 0.1) is 17.6 Å².